The van der Waals surface area contributed by atoms with Crippen LogP contribution < -0.4 is 4.74 Å². The van der Waals surface area contributed by atoms with Crippen molar-refractivity contribution in [1.82, 2.24) is 4.90 Å². The second-order valence-corrected chi connectivity index (χ2v) is 6.24. The van der Waals surface area contributed by atoms with E-state index in [9.17, 15) is 5.11 Å². The van der Waals surface area contributed by atoms with Crippen LogP contribution in [0.4, 0.5) is 0 Å². The summed E-state index contributed by atoms with van der Waals surface area (Å²) in [4.78, 5) is 2.20. The summed E-state index contributed by atoms with van der Waals surface area (Å²) in [6, 6.07) is 8.46. The lowest BCUT2D eigenvalue weighted by molar-refractivity contribution is -0.0227. The van der Waals surface area contributed by atoms with Crippen molar-refractivity contribution in [2.45, 2.75) is 50.2 Å². The summed E-state index contributed by atoms with van der Waals surface area (Å²) in [6.07, 6.45) is 6.25. The molecule has 0 saturated heterocycles. The molecule has 0 amide bonds. The van der Waals surface area contributed by atoms with Crippen LogP contribution in [0, 0.1) is 0 Å². The van der Waals surface area contributed by atoms with Crippen LogP contribution in [0.15, 0.2) is 24.3 Å². The van der Waals surface area contributed by atoms with Crippen molar-refractivity contribution in [3.8, 4) is 5.75 Å². The molecule has 0 bridgehead atoms. The Morgan fingerprint density at radius 2 is 1.64 bits per heavy atom. The van der Waals surface area contributed by atoms with Gasteiger partial charge in [0.25, 0.3) is 0 Å². The maximum absolute atomic E-state index is 10.8. The minimum absolute atomic E-state index is 0. The Balaban J connectivity index is 0.00000220. The van der Waals surface area contributed by atoms with Crippen molar-refractivity contribution in [2.75, 3.05) is 21.2 Å². The zero-order chi connectivity index (χ0) is 14.6. The number of aliphatic hydroxyl groups is 1. The van der Waals surface area contributed by atoms with Crippen LogP contribution in [0.5, 0.6) is 5.75 Å². The van der Waals surface area contributed by atoms with Crippen LogP contribution in [0.25, 0.3) is 0 Å². The molecule has 1 aromatic carbocycles. The number of halogens is 2. The highest BCUT2D eigenvalue weighted by atomic mass is 35.5. The van der Waals surface area contributed by atoms with Crippen molar-refractivity contribution in [1.29, 1.82) is 0 Å². The van der Waals surface area contributed by atoms with Gasteiger partial charge in [0.2, 0.25) is 0 Å². The van der Waals surface area contributed by atoms with Gasteiger partial charge in [-0.3, -0.25) is 0 Å². The van der Waals surface area contributed by atoms with Gasteiger partial charge in [-0.2, -0.15) is 0 Å². The van der Waals surface area contributed by atoms with Crippen molar-refractivity contribution >= 4 is 24.8 Å². The molecule has 1 fully saturated rings. The highest BCUT2D eigenvalue weighted by molar-refractivity contribution is 5.85. The zero-order valence-corrected chi connectivity index (χ0v) is 15.4. The van der Waals surface area contributed by atoms with Crippen LogP contribution in [0.3, 0.4) is 0 Å². The topological polar surface area (TPSA) is 32.7 Å². The molecule has 1 aromatic rings. The van der Waals surface area contributed by atoms with E-state index in [4.69, 9.17) is 4.74 Å². The molecule has 2 rings (SSSR count). The highest BCUT2D eigenvalue weighted by Crippen LogP contribution is 2.37. The summed E-state index contributed by atoms with van der Waals surface area (Å²) in [7, 11) is 5.85. The van der Waals surface area contributed by atoms with E-state index in [1.54, 1.807) is 7.11 Å². The van der Waals surface area contributed by atoms with E-state index in [0.29, 0.717) is 0 Å². The van der Waals surface area contributed by atoms with E-state index in [1.807, 2.05) is 12.1 Å². The molecule has 1 unspecified atom stereocenters. The van der Waals surface area contributed by atoms with Gasteiger partial charge in [-0.1, -0.05) is 31.4 Å². The average Bonchev–Trinajstić information content (AvgIpc) is 2.45. The molecule has 1 aliphatic rings. The third kappa shape index (κ3) is 5.62. The first-order valence-electron chi connectivity index (χ1n) is 7.57. The monoisotopic (exact) mass is 349 g/mol. The second-order valence-electron chi connectivity index (χ2n) is 6.24. The van der Waals surface area contributed by atoms with Crippen molar-refractivity contribution in [3.63, 3.8) is 0 Å². The molecule has 0 heterocycles. The maximum Gasteiger partial charge on any atom is 0.118 e. The molecular weight excluding hydrogens is 321 g/mol. The lowest BCUT2D eigenvalue weighted by Gasteiger charge is -2.37. The molecule has 0 radical (unpaired) electrons. The van der Waals surface area contributed by atoms with E-state index in [1.165, 1.54) is 12.0 Å². The van der Waals surface area contributed by atoms with E-state index < -0.39 is 5.60 Å². The fraction of sp³-hybridized carbons (Fsp3) is 0.647. The summed E-state index contributed by atoms with van der Waals surface area (Å²) in [5.41, 5.74) is 0.752. The standard InChI is InChI=1S/C17H27NO2.2ClH/c1-18(2)16(13-17(19)11-5-4-6-12-17)14-7-9-15(20-3)10-8-14;;/h7-10,16,19H,4-6,11-13H2,1-3H3;2*1H. The lowest BCUT2D eigenvalue weighted by atomic mass is 9.79. The largest absolute Gasteiger partial charge is 0.497 e. The Hall–Kier alpha value is -0.480. The molecule has 1 saturated carbocycles. The van der Waals surface area contributed by atoms with Gasteiger partial charge >= 0.3 is 0 Å². The van der Waals surface area contributed by atoms with Crippen LogP contribution >= 0.6 is 24.8 Å². The number of ether oxygens (including phenoxy) is 1. The summed E-state index contributed by atoms with van der Waals surface area (Å²) < 4.78 is 5.22. The van der Waals surface area contributed by atoms with Gasteiger partial charge in [-0.05, 0) is 51.1 Å². The molecule has 1 N–H and O–H groups in total. The van der Waals surface area contributed by atoms with Gasteiger partial charge in [0.15, 0.2) is 0 Å². The molecule has 5 heteroatoms. The summed E-state index contributed by atoms with van der Waals surface area (Å²) in [5.74, 6) is 0.877. The van der Waals surface area contributed by atoms with Crippen molar-refractivity contribution in [2.24, 2.45) is 0 Å². The zero-order valence-electron chi connectivity index (χ0n) is 13.7. The highest BCUT2D eigenvalue weighted by Gasteiger charge is 2.33. The van der Waals surface area contributed by atoms with Gasteiger partial charge < -0.3 is 14.7 Å². The number of hydrogen-bond acceptors (Lipinski definition) is 3. The van der Waals surface area contributed by atoms with Crippen LogP contribution in [-0.4, -0.2) is 36.8 Å². The van der Waals surface area contributed by atoms with Crippen molar-refractivity contribution in [3.05, 3.63) is 29.8 Å². The molecule has 1 aliphatic carbocycles. The Bertz CT molecular complexity index is 417. The quantitative estimate of drug-likeness (QED) is 0.863. The maximum atomic E-state index is 10.8. The van der Waals surface area contributed by atoms with E-state index in [-0.39, 0.29) is 30.9 Å². The van der Waals surface area contributed by atoms with Gasteiger partial charge in [0.05, 0.1) is 12.7 Å². The van der Waals surface area contributed by atoms with Crippen LogP contribution in [0.1, 0.15) is 50.1 Å². The molecule has 0 aromatic heterocycles. The van der Waals surface area contributed by atoms with E-state index >= 15 is 0 Å². The summed E-state index contributed by atoms with van der Waals surface area (Å²) >= 11 is 0. The Kier molecular flexibility index (Phi) is 9.40. The predicted molar refractivity (Wildman–Crippen MR) is 96.6 cm³/mol. The molecule has 3 nitrogen and oxygen atoms in total. The first-order chi connectivity index (χ1) is 9.54. The number of methoxy groups -OCH3 is 1. The molecule has 0 aliphatic heterocycles. The Morgan fingerprint density at radius 3 is 2.09 bits per heavy atom. The minimum Gasteiger partial charge on any atom is -0.497 e. The van der Waals surface area contributed by atoms with Gasteiger partial charge in [0.1, 0.15) is 5.75 Å². The minimum atomic E-state index is -0.493. The Labute approximate surface area is 146 Å². The first kappa shape index (κ1) is 21.5. The first-order valence-corrected chi connectivity index (χ1v) is 7.57. The molecule has 22 heavy (non-hydrogen) atoms. The third-order valence-electron chi connectivity index (χ3n) is 4.48. The predicted octanol–water partition coefficient (Wildman–Crippen LogP) is 4.23. The molecular formula is C17H29Cl2NO2. The number of hydrogen-bond donors (Lipinski definition) is 1. The van der Waals surface area contributed by atoms with Gasteiger partial charge in [-0.25, -0.2) is 0 Å². The summed E-state index contributed by atoms with van der Waals surface area (Å²) in [6.45, 7) is 0. The number of nitrogens with zero attached hydrogens (tertiary/aromatic N) is 1. The fourth-order valence-electron chi connectivity index (χ4n) is 3.20. The van der Waals surface area contributed by atoms with E-state index in [0.717, 1.165) is 37.9 Å². The van der Waals surface area contributed by atoms with Gasteiger partial charge in [0, 0.05) is 6.04 Å². The van der Waals surface area contributed by atoms with Gasteiger partial charge in [-0.15, -0.1) is 24.8 Å². The van der Waals surface area contributed by atoms with Crippen LogP contribution in [-0.2, 0) is 0 Å². The SMILES string of the molecule is COc1ccc(C(CC2(O)CCCCC2)N(C)C)cc1.Cl.Cl. The van der Waals surface area contributed by atoms with Crippen molar-refractivity contribution < 1.29 is 9.84 Å². The fourth-order valence-corrected chi connectivity index (χ4v) is 3.20. The smallest absolute Gasteiger partial charge is 0.118 e. The normalized spacial score (nSPS) is 18.0. The molecule has 1 atom stereocenters. The number of rotatable bonds is 5. The third-order valence-corrected chi connectivity index (χ3v) is 4.48. The van der Waals surface area contributed by atoms with Crippen LogP contribution in [0.2, 0.25) is 0 Å². The summed E-state index contributed by atoms with van der Waals surface area (Å²) in [5, 5.41) is 10.8. The number of benzene rings is 1. The molecule has 128 valence electrons. The lowest BCUT2D eigenvalue weighted by Crippen LogP contribution is -2.36. The van der Waals surface area contributed by atoms with E-state index in [2.05, 4.69) is 31.1 Å². The molecule has 0 spiro atoms. The Morgan fingerprint density at radius 1 is 1.09 bits per heavy atom. The second kappa shape index (κ2) is 9.61. The average molecular weight is 350 g/mol.